The van der Waals surface area contributed by atoms with Crippen molar-refractivity contribution in [2.45, 2.75) is 12.0 Å². The van der Waals surface area contributed by atoms with E-state index < -0.39 is 47.1 Å². The van der Waals surface area contributed by atoms with Crippen molar-refractivity contribution in [1.82, 2.24) is 4.90 Å². The minimum atomic E-state index is -2.86. The predicted molar refractivity (Wildman–Crippen MR) is 65.8 cm³/mol. The van der Waals surface area contributed by atoms with E-state index in [0.717, 1.165) is 0 Å². The van der Waals surface area contributed by atoms with Gasteiger partial charge in [0.15, 0.2) is 11.6 Å². The van der Waals surface area contributed by atoms with Crippen molar-refractivity contribution in [3.8, 4) is 11.8 Å². The molecule has 0 aliphatic carbocycles. The molecule has 116 valence electrons. The summed E-state index contributed by atoms with van der Waals surface area (Å²) >= 11 is 0. The van der Waals surface area contributed by atoms with Crippen molar-refractivity contribution in [3.63, 3.8) is 0 Å². The first-order chi connectivity index (χ1) is 10.2. The van der Waals surface area contributed by atoms with E-state index in [4.69, 9.17) is 0 Å². The molecule has 0 spiro atoms. The molecule has 1 aromatic rings. The molecule has 2 rings (SSSR count). The van der Waals surface area contributed by atoms with Gasteiger partial charge in [0.25, 0.3) is 5.91 Å². The van der Waals surface area contributed by atoms with Gasteiger partial charge in [0, 0.05) is 20.0 Å². The van der Waals surface area contributed by atoms with Crippen LogP contribution in [0.15, 0.2) is 6.07 Å². The monoisotopic (exact) mass is 389 g/mol. The molecular formula is C13H9BF3K2NO4. The number of nitrogens with zero attached hydrogens (tertiary/aromatic N) is 1. The number of carbonyl (C=O) groups is 1. The van der Waals surface area contributed by atoms with Gasteiger partial charge in [-0.2, -0.15) is 0 Å². The molecule has 0 bridgehead atoms. The molecule has 0 radical (unpaired) electrons. The molecule has 1 aromatic carbocycles. The van der Waals surface area contributed by atoms with E-state index in [1.165, 1.54) is 11.9 Å². The normalized spacial score (nSPS) is 19.1. The Balaban J connectivity index is 0.00000264. The van der Waals surface area contributed by atoms with E-state index in [1.807, 2.05) is 11.8 Å². The number of amides is 1. The van der Waals surface area contributed by atoms with Gasteiger partial charge < -0.3 is 20.1 Å². The van der Waals surface area contributed by atoms with Crippen LogP contribution < -0.4 is 118 Å². The van der Waals surface area contributed by atoms with Gasteiger partial charge in [0.1, 0.15) is 5.82 Å². The molecule has 1 atom stereocenters. The van der Waals surface area contributed by atoms with Crippen molar-refractivity contribution in [2.75, 3.05) is 13.6 Å². The van der Waals surface area contributed by atoms with Crippen molar-refractivity contribution in [3.05, 3.63) is 29.1 Å². The molecule has 1 aliphatic rings. The third-order valence-corrected chi connectivity index (χ3v) is 3.34. The zero-order chi connectivity index (χ0) is 16.7. The Labute approximate surface area is 222 Å². The fourth-order valence-corrected chi connectivity index (χ4v) is 2.04. The Morgan fingerprint density at radius 1 is 1.29 bits per heavy atom. The topological polar surface area (TPSA) is 86.7 Å². The number of aliphatic hydroxyl groups is 1. The van der Waals surface area contributed by atoms with Crippen LogP contribution in [0, 0.1) is 29.3 Å². The van der Waals surface area contributed by atoms with Gasteiger partial charge >= 0.3 is 103 Å². The summed E-state index contributed by atoms with van der Waals surface area (Å²) in [4.78, 5) is 12.8. The van der Waals surface area contributed by atoms with Crippen LogP contribution >= 0.6 is 0 Å². The number of carbonyl (C=O) groups excluding carboxylic acids is 1. The zero-order valence-corrected chi connectivity index (χ0v) is 19.6. The summed E-state index contributed by atoms with van der Waals surface area (Å²) in [5.41, 5.74) is -4.43. The third kappa shape index (κ3) is 5.16. The molecule has 1 saturated heterocycles. The first kappa shape index (κ1) is 25.3. The minimum Gasteiger partial charge on any atom is -0.889 e. The maximum absolute atomic E-state index is 13.9. The molecule has 1 fully saturated rings. The second-order valence-electron chi connectivity index (χ2n) is 4.87. The maximum Gasteiger partial charge on any atom is 1.00 e. The number of hydrogen-bond acceptors (Lipinski definition) is 4. The molecule has 1 aliphatic heterocycles. The number of likely N-dealkylation sites (N-methyl/N-ethyl adjacent to an activating group) is 1. The molecule has 0 aromatic heterocycles. The van der Waals surface area contributed by atoms with Crippen molar-refractivity contribution >= 4 is 18.5 Å². The Kier molecular flexibility index (Phi) is 10.5. The van der Waals surface area contributed by atoms with Crippen LogP contribution in [0.2, 0.25) is 0 Å². The van der Waals surface area contributed by atoms with Gasteiger partial charge in [0.05, 0.1) is 5.56 Å². The van der Waals surface area contributed by atoms with Gasteiger partial charge in [-0.1, -0.05) is 24.4 Å². The Morgan fingerprint density at radius 3 is 2.33 bits per heavy atom. The van der Waals surface area contributed by atoms with E-state index in [0.29, 0.717) is 0 Å². The third-order valence-electron chi connectivity index (χ3n) is 3.34. The second kappa shape index (κ2) is 9.98. The van der Waals surface area contributed by atoms with Crippen LogP contribution in [-0.2, 0) is 4.79 Å². The van der Waals surface area contributed by atoms with Crippen LogP contribution in [0.25, 0.3) is 0 Å². The van der Waals surface area contributed by atoms with Crippen LogP contribution in [-0.4, -0.2) is 42.2 Å². The summed E-state index contributed by atoms with van der Waals surface area (Å²) in [7, 11) is -1.46. The Hall–Kier alpha value is 1.26. The quantitative estimate of drug-likeness (QED) is 0.294. The van der Waals surface area contributed by atoms with Crippen molar-refractivity contribution in [1.29, 1.82) is 0 Å². The summed E-state index contributed by atoms with van der Waals surface area (Å²) in [5, 5.41) is 31.5. The first-order valence-corrected chi connectivity index (χ1v) is 6.17. The smallest absolute Gasteiger partial charge is 0.889 e. The average Bonchev–Trinajstić information content (AvgIpc) is 2.71. The van der Waals surface area contributed by atoms with Gasteiger partial charge in [-0.3, -0.25) is 4.79 Å². The molecule has 5 nitrogen and oxygen atoms in total. The number of rotatable bonds is 1. The summed E-state index contributed by atoms with van der Waals surface area (Å²) in [5.74, 6) is -1.84. The molecule has 1 N–H and O–H groups in total. The van der Waals surface area contributed by atoms with Gasteiger partial charge in [-0.15, -0.1) is 0 Å². The molecule has 0 unspecified atom stereocenters. The van der Waals surface area contributed by atoms with Gasteiger partial charge in [-0.25, -0.2) is 13.2 Å². The van der Waals surface area contributed by atoms with E-state index in [-0.39, 0.29) is 122 Å². The molecular weight excluding hydrogens is 380 g/mol. The largest absolute Gasteiger partial charge is 1.00 e. The van der Waals surface area contributed by atoms with Crippen LogP contribution in [0.1, 0.15) is 12.0 Å². The summed E-state index contributed by atoms with van der Waals surface area (Å²) in [6.07, 6.45) is -0.0908. The number of likely N-dealkylation sites (tertiary alicyclic amines) is 1. The van der Waals surface area contributed by atoms with Crippen molar-refractivity contribution in [2.24, 2.45) is 0 Å². The average molecular weight is 389 g/mol. The van der Waals surface area contributed by atoms with Crippen molar-refractivity contribution < 1.29 is 136 Å². The maximum atomic E-state index is 13.9. The van der Waals surface area contributed by atoms with E-state index in [2.05, 4.69) is 0 Å². The summed E-state index contributed by atoms with van der Waals surface area (Å²) in [6, 6.07) is 0.170. The Bertz CT molecular complexity index is 711. The summed E-state index contributed by atoms with van der Waals surface area (Å²) < 4.78 is 40.7. The van der Waals surface area contributed by atoms with E-state index >= 15 is 0 Å². The predicted octanol–water partition coefficient (Wildman–Crippen LogP) is -8.53. The SMILES string of the molecule is CN1CC[C@](O)(C#Cc2c(F)c(F)cc(B([O-])[O-])c2F)C1=O.[K+].[K+]. The van der Waals surface area contributed by atoms with Crippen LogP contribution in [0.4, 0.5) is 13.2 Å². The minimum absolute atomic E-state index is 0. The molecule has 11 heteroatoms. The number of hydrogen-bond donors (Lipinski definition) is 1. The van der Waals surface area contributed by atoms with Crippen LogP contribution in [0.3, 0.4) is 0 Å². The van der Waals surface area contributed by atoms with E-state index in [1.54, 1.807) is 0 Å². The zero-order valence-electron chi connectivity index (χ0n) is 13.3. The second-order valence-corrected chi connectivity index (χ2v) is 4.87. The summed E-state index contributed by atoms with van der Waals surface area (Å²) in [6.45, 7) is 0.187. The van der Waals surface area contributed by atoms with E-state index in [9.17, 15) is 33.1 Å². The number of halogens is 3. The first-order valence-electron chi connectivity index (χ1n) is 6.17. The number of benzene rings is 1. The fourth-order valence-electron chi connectivity index (χ4n) is 2.04. The molecule has 0 saturated carbocycles. The van der Waals surface area contributed by atoms with Crippen LogP contribution in [0.5, 0.6) is 0 Å². The van der Waals surface area contributed by atoms with Gasteiger partial charge in [0.2, 0.25) is 5.60 Å². The molecule has 24 heavy (non-hydrogen) atoms. The molecule has 1 heterocycles. The Morgan fingerprint density at radius 2 is 1.88 bits per heavy atom. The standard InChI is InChI=1S/C13H9BF3NO4.2K/c1-18-5-4-13(20,12(18)19)3-2-7-10(16)8(14(21)22)6-9(15)11(7)17;;/h6,20H,4-5H2,1H3;;/q-2;2*+1/t13-;;/m1../s1. The van der Waals surface area contributed by atoms with Gasteiger partial charge in [-0.05, 0) is 6.07 Å². The fraction of sp³-hybridized carbons (Fsp3) is 0.308. The molecule has 1 amide bonds.